The van der Waals surface area contributed by atoms with Gasteiger partial charge in [-0.05, 0) is 56.7 Å². The average molecular weight is 248 g/mol. The molecule has 102 valence electrons. The Morgan fingerprint density at radius 3 is 2.50 bits per heavy atom. The quantitative estimate of drug-likeness (QED) is 0.759. The molecule has 2 unspecified atom stereocenters. The van der Waals surface area contributed by atoms with Gasteiger partial charge in [-0.1, -0.05) is 26.8 Å². The number of nitrogens with one attached hydrogen (secondary N) is 1. The number of hydrogen-bond acceptors (Lipinski definition) is 2. The molecule has 18 heavy (non-hydrogen) atoms. The molecule has 0 spiro atoms. The van der Waals surface area contributed by atoms with Crippen LogP contribution < -0.4 is 5.32 Å². The maximum Gasteiger partial charge on any atom is 0.0404 e. The van der Waals surface area contributed by atoms with E-state index in [1.54, 1.807) is 0 Å². The normalized spacial score (nSPS) is 14.7. The number of pyridine rings is 1. The van der Waals surface area contributed by atoms with Crippen LogP contribution in [0.5, 0.6) is 0 Å². The van der Waals surface area contributed by atoms with E-state index in [9.17, 15) is 0 Å². The van der Waals surface area contributed by atoms with E-state index in [0.717, 1.165) is 18.3 Å². The van der Waals surface area contributed by atoms with Crippen LogP contribution in [0.15, 0.2) is 24.4 Å². The Balaban J connectivity index is 2.33. The van der Waals surface area contributed by atoms with Crippen LogP contribution in [0.3, 0.4) is 0 Å². The molecule has 0 aliphatic carbocycles. The molecule has 1 aromatic rings. The molecule has 0 saturated carbocycles. The lowest BCUT2D eigenvalue weighted by molar-refractivity contribution is 0.351. The molecule has 0 aliphatic heterocycles. The maximum absolute atomic E-state index is 4.38. The fourth-order valence-corrected chi connectivity index (χ4v) is 2.63. The molecule has 2 heteroatoms. The molecule has 0 aromatic carbocycles. The molecular weight excluding hydrogens is 220 g/mol. The van der Waals surface area contributed by atoms with Gasteiger partial charge in [0.15, 0.2) is 0 Å². The predicted octanol–water partition coefficient (Wildman–Crippen LogP) is 3.67. The lowest BCUT2D eigenvalue weighted by Crippen LogP contribution is -2.28. The first-order valence-corrected chi connectivity index (χ1v) is 7.19. The van der Waals surface area contributed by atoms with Gasteiger partial charge in [-0.15, -0.1) is 0 Å². The van der Waals surface area contributed by atoms with Crippen molar-refractivity contribution in [1.82, 2.24) is 10.3 Å². The Bertz CT molecular complexity index is 308. The lowest BCUT2D eigenvalue weighted by Gasteiger charge is -2.21. The van der Waals surface area contributed by atoms with Gasteiger partial charge < -0.3 is 5.32 Å². The summed E-state index contributed by atoms with van der Waals surface area (Å²) in [6.45, 7) is 6.97. The topological polar surface area (TPSA) is 24.9 Å². The molecule has 0 fully saturated rings. The van der Waals surface area contributed by atoms with Crippen LogP contribution >= 0.6 is 0 Å². The average Bonchev–Trinajstić information content (AvgIpc) is 2.34. The van der Waals surface area contributed by atoms with Gasteiger partial charge in [0.2, 0.25) is 0 Å². The third-order valence-corrected chi connectivity index (χ3v) is 3.44. The zero-order valence-electron chi connectivity index (χ0n) is 12.3. The van der Waals surface area contributed by atoms with E-state index in [2.05, 4.69) is 50.3 Å². The molecule has 0 saturated heterocycles. The monoisotopic (exact) mass is 248 g/mol. The van der Waals surface area contributed by atoms with E-state index in [1.807, 2.05) is 12.3 Å². The first kappa shape index (κ1) is 15.2. The summed E-state index contributed by atoms with van der Waals surface area (Å²) in [4.78, 5) is 4.38. The summed E-state index contributed by atoms with van der Waals surface area (Å²) in [6.07, 6.45) is 6.71. The van der Waals surface area contributed by atoms with Gasteiger partial charge in [0.25, 0.3) is 0 Å². The molecule has 0 aliphatic rings. The molecule has 2 atom stereocenters. The van der Waals surface area contributed by atoms with E-state index in [0.29, 0.717) is 6.04 Å². The molecule has 1 rings (SSSR count). The second kappa shape index (κ2) is 8.25. The third-order valence-electron chi connectivity index (χ3n) is 3.44. The van der Waals surface area contributed by atoms with Crippen molar-refractivity contribution < 1.29 is 0 Å². The summed E-state index contributed by atoms with van der Waals surface area (Å²) < 4.78 is 0. The third kappa shape index (κ3) is 6.15. The predicted molar refractivity (Wildman–Crippen MR) is 78.6 cm³/mol. The van der Waals surface area contributed by atoms with Gasteiger partial charge in [-0.2, -0.15) is 0 Å². The number of aryl methyl sites for hydroxylation is 1. The van der Waals surface area contributed by atoms with Gasteiger partial charge >= 0.3 is 0 Å². The number of rotatable bonds is 8. The summed E-state index contributed by atoms with van der Waals surface area (Å²) >= 11 is 0. The molecular formula is C16H28N2. The van der Waals surface area contributed by atoms with E-state index < -0.39 is 0 Å². The Morgan fingerprint density at radius 2 is 1.94 bits per heavy atom. The Hall–Kier alpha value is -0.890. The first-order chi connectivity index (χ1) is 8.61. The summed E-state index contributed by atoms with van der Waals surface area (Å²) in [5.74, 6) is 1.60. The van der Waals surface area contributed by atoms with Crippen LogP contribution in [0.25, 0.3) is 0 Å². The van der Waals surface area contributed by atoms with Crippen molar-refractivity contribution in [2.75, 3.05) is 7.05 Å². The summed E-state index contributed by atoms with van der Waals surface area (Å²) in [7, 11) is 2.07. The Labute approximate surface area is 112 Å². The van der Waals surface area contributed by atoms with Crippen molar-refractivity contribution in [2.45, 2.75) is 52.5 Å². The van der Waals surface area contributed by atoms with Gasteiger partial charge in [-0.25, -0.2) is 0 Å². The minimum Gasteiger partial charge on any atom is -0.317 e. The van der Waals surface area contributed by atoms with E-state index in [-0.39, 0.29) is 0 Å². The summed E-state index contributed by atoms with van der Waals surface area (Å²) in [5, 5.41) is 3.45. The van der Waals surface area contributed by atoms with Crippen molar-refractivity contribution in [3.63, 3.8) is 0 Å². The minimum atomic E-state index is 0.612. The Kier molecular flexibility index (Phi) is 6.96. The molecule has 1 heterocycles. The van der Waals surface area contributed by atoms with Crippen LogP contribution in [0, 0.1) is 11.8 Å². The summed E-state index contributed by atoms with van der Waals surface area (Å²) in [5.41, 5.74) is 1.20. The highest BCUT2D eigenvalue weighted by atomic mass is 14.9. The highest BCUT2D eigenvalue weighted by molar-refractivity contribution is 5.03. The number of hydrogen-bond donors (Lipinski definition) is 1. The van der Waals surface area contributed by atoms with Crippen LogP contribution in [0.4, 0.5) is 0 Å². The van der Waals surface area contributed by atoms with Crippen molar-refractivity contribution >= 4 is 0 Å². The highest BCUT2D eigenvalue weighted by Crippen LogP contribution is 2.18. The van der Waals surface area contributed by atoms with Gasteiger partial charge in [0.05, 0.1) is 0 Å². The van der Waals surface area contributed by atoms with E-state index in [4.69, 9.17) is 0 Å². The smallest absolute Gasteiger partial charge is 0.0404 e. The lowest BCUT2D eigenvalue weighted by atomic mass is 9.91. The van der Waals surface area contributed by atoms with Crippen LogP contribution in [0.2, 0.25) is 0 Å². The van der Waals surface area contributed by atoms with Crippen molar-refractivity contribution in [2.24, 2.45) is 11.8 Å². The second-order valence-corrected chi connectivity index (χ2v) is 5.82. The fraction of sp³-hybridized carbons (Fsp3) is 0.688. The van der Waals surface area contributed by atoms with Crippen molar-refractivity contribution in [1.29, 1.82) is 0 Å². The van der Waals surface area contributed by atoms with Gasteiger partial charge in [0.1, 0.15) is 0 Å². The number of aromatic nitrogens is 1. The van der Waals surface area contributed by atoms with Crippen LogP contribution in [0.1, 0.15) is 45.7 Å². The van der Waals surface area contributed by atoms with Gasteiger partial charge in [-0.3, -0.25) is 4.98 Å². The molecule has 0 amide bonds. The standard InChI is InChI=1S/C16H28N2/c1-13(2)11-14(3)12-16(17-4)9-8-15-7-5-6-10-18-15/h5-7,10,13-14,16-17H,8-9,11-12H2,1-4H3. The highest BCUT2D eigenvalue weighted by Gasteiger charge is 2.13. The number of nitrogens with zero attached hydrogens (tertiary/aromatic N) is 1. The zero-order valence-corrected chi connectivity index (χ0v) is 12.3. The second-order valence-electron chi connectivity index (χ2n) is 5.82. The van der Waals surface area contributed by atoms with Gasteiger partial charge in [0, 0.05) is 17.9 Å². The molecule has 1 N–H and O–H groups in total. The largest absolute Gasteiger partial charge is 0.317 e. The molecule has 0 bridgehead atoms. The van der Waals surface area contributed by atoms with E-state index >= 15 is 0 Å². The van der Waals surface area contributed by atoms with E-state index in [1.165, 1.54) is 25.0 Å². The first-order valence-electron chi connectivity index (χ1n) is 7.19. The van der Waals surface area contributed by atoms with Crippen molar-refractivity contribution in [3.8, 4) is 0 Å². The molecule has 0 radical (unpaired) electrons. The molecule has 2 nitrogen and oxygen atoms in total. The van der Waals surface area contributed by atoms with Crippen molar-refractivity contribution in [3.05, 3.63) is 30.1 Å². The Morgan fingerprint density at radius 1 is 1.17 bits per heavy atom. The molecule has 1 aromatic heterocycles. The maximum atomic E-state index is 4.38. The zero-order chi connectivity index (χ0) is 13.4. The fourth-order valence-electron chi connectivity index (χ4n) is 2.63. The van der Waals surface area contributed by atoms with Crippen LogP contribution in [-0.2, 0) is 6.42 Å². The minimum absolute atomic E-state index is 0.612. The summed E-state index contributed by atoms with van der Waals surface area (Å²) in [6, 6.07) is 6.77. The van der Waals surface area contributed by atoms with Crippen LogP contribution in [-0.4, -0.2) is 18.1 Å². The SMILES string of the molecule is CNC(CCc1ccccn1)CC(C)CC(C)C.